The zero-order chi connectivity index (χ0) is 19.2. The number of morpholine rings is 1. The summed E-state index contributed by atoms with van der Waals surface area (Å²) < 4.78 is 10.9. The van der Waals surface area contributed by atoms with Gasteiger partial charge in [-0.1, -0.05) is 12.1 Å². The number of hydrogen-bond acceptors (Lipinski definition) is 4. The second-order valence-electron chi connectivity index (χ2n) is 6.63. The summed E-state index contributed by atoms with van der Waals surface area (Å²) in [6.45, 7) is 6.14. The third-order valence-electron chi connectivity index (χ3n) is 4.13. The van der Waals surface area contributed by atoms with E-state index < -0.39 is 0 Å². The molecule has 0 aliphatic carbocycles. The number of ether oxygens (including phenoxy) is 2. The van der Waals surface area contributed by atoms with Crippen LogP contribution in [0, 0.1) is 0 Å². The predicted molar refractivity (Wildman–Crippen MR) is 103 cm³/mol. The molecule has 142 valence electrons. The lowest BCUT2D eigenvalue weighted by molar-refractivity contribution is 0.0303. The van der Waals surface area contributed by atoms with E-state index in [4.69, 9.17) is 9.47 Å². The molecule has 1 aliphatic heterocycles. The molecule has 0 unspecified atom stereocenters. The van der Waals surface area contributed by atoms with E-state index in [-0.39, 0.29) is 17.9 Å². The molecule has 1 fully saturated rings. The lowest BCUT2D eigenvalue weighted by atomic mass is 10.1. The van der Waals surface area contributed by atoms with Crippen LogP contribution in [0.15, 0.2) is 48.5 Å². The topological polar surface area (TPSA) is 67.9 Å². The van der Waals surface area contributed by atoms with E-state index in [2.05, 4.69) is 5.32 Å². The molecule has 1 heterocycles. The molecule has 3 rings (SSSR count). The highest BCUT2D eigenvalue weighted by atomic mass is 16.5. The average molecular weight is 368 g/mol. The summed E-state index contributed by atoms with van der Waals surface area (Å²) in [5, 5.41) is 2.85. The molecule has 0 radical (unpaired) electrons. The Morgan fingerprint density at radius 3 is 2.48 bits per heavy atom. The SMILES string of the molecule is CC(C)Oc1cccc(C(=O)Nc2cccc(C(=O)N3CCOCC3)c2)c1. The lowest BCUT2D eigenvalue weighted by Gasteiger charge is -2.27. The highest BCUT2D eigenvalue weighted by Crippen LogP contribution is 2.18. The van der Waals surface area contributed by atoms with Gasteiger partial charge in [0, 0.05) is 29.9 Å². The molecule has 6 heteroatoms. The van der Waals surface area contributed by atoms with Crippen molar-refractivity contribution in [3.63, 3.8) is 0 Å². The fraction of sp³-hybridized carbons (Fsp3) is 0.333. The number of carbonyl (C=O) groups excluding carboxylic acids is 2. The molecule has 0 spiro atoms. The van der Waals surface area contributed by atoms with Crippen molar-refractivity contribution in [2.75, 3.05) is 31.6 Å². The third kappa shape index (κ3) is 5.08. The van der Waals surface area contributed by atoms with E-state index in [1.165, 1.54) is 0 Å². The Balaban J connectivity index is 1.70. The molecule has 0 bridgehead atoms. The van der Waals surface area contributed by atoms with Crippen molar-refractivity contribution in [2.24, 2.45) is 0 Å². The summed E-state index contributed by atoms with van der Waals surface area (Å²) in [6, 6.07) is 14.0. The smallest absolute Gasteiger partial charge is 0.255 e. The van der Waals surface area contributed by atoms with E-state index in [0.29, 0.717) is 48.9 Å². The molecule has 27 heavy (non-hydrogen) atoms. The van der Waals surface area contributed by atoms with Crippen LogP contribution in [0.25, 0.3) is 0 Å². The molecule has 2 aromatic rings. The summed E-state index contributed by atoms with van der Waals surface area (Å²) >= 11 is 0. The fourth-order valence-electron chi connectivity index (χ4n) is 2.87. The van der Waals surface area contributed by atoms with Crippen molar-refractivity contribution in [3.8, 4) is 5.75 Å². The summed E-state index contributed by atoms with van der Waals surface area (Å²) in [5.41, 5.74) is 1.62. The minimum atomic E-state index is -0.250. The van der Waals surface area contributed by atoms with Gasteiger partial charge in [0.05, 0.1) is 19.3 Å². The summed E-state index contributed by atoms with van der Waals surface area (Å²) in [6.07, 6.45) is 0.0335. The zero-order valence-electron chi connectivity index (χ0n) is 15.6. The van der Waals surface area contributed by atoms with E-state index in [1.807, 2.05) is 19.9 Å². The van der Waals surface area contributed by atoms with Gasteiger partial charge in [0.1, 0.15) is 5.75 Å². The van der Waals surface area contributed by atoms with Crippen molar-refractivity contribution < 1.29 is 19.1 Å². The largest absolute Gasteiger partial charge is 0.491 e. The van der Waals surface area contributed by atoms with Gasteiger partial charge >= 0.3 is 0 Å². The maximum atomic E-state index is 12.6. The van der Waals surface area contributed by atoms with Gasteiger partial charge in [-0.2, -0.15) is 0 Å². The Labute approximate surface area is 159 Å². The van der Waals surface area contributed by atoms with Crippen LogP contribution in [0.2, 0.25) is 0 Å². The molecule has 0 atom stereocenters. The Kier molecular flexibility index (Phi) is 6.08. The minimum absolute atomic E-state index is 0.0335. The van der Waals surface area contributed by atoms with Crippen LogP contribution in [-0.2, 0) is 4.74 Å². The fourth-order valence-corrected chi connectivity index (χ4v) is 2.87. The third-order valence-corrected chi connectivity index (χ3v) is 4.13. The number of benzene rings is 2. The molecule has 0 aromatic heterocycles. The van der Waals surface area contributed by atoms with Gasteiger partial charge in [0.2, 0.25) is 0 Å². The Hall–Kier alpha value is -2.86. The van der Waals surface area contributed by atoms with Crippen molar-refractivity contribution in [1.29, 1.82) is 0 Å². The first kappa shape index (κ1) is 18.9. The van der Waals surface area contributed by atoms with E-state index in [0.717, 1.165) is 0 Å². The molecular formula is C21H24N2O4. The standard InChI is InChI=1S/C21H24N2O4/c1-15(2)27-19-8-4-5-16(14-19)20(24)22-18-7-3-6-17(13-18)21(25)23-9-11-26-12-10-23/h3-8,13-15H,9-12H2,1-2H3,(H,22,24). The van der Waals surface area contributed by atoms with Crippen molar-refractivity contribution in [2.45, 2.75) is 20.0 Å². The minimum Gasteiger partial charge on any atom is -0.491 e. The van der Waals surface area contributed by atoms with Gasteiger partial charge in [-0.05, 0) is 50.2 Å². The summed E-state index contributed by atoms with van der Waals surface area (Å²) in [4.78, 5) is 26.9. The molecule has 0 saturated carbocycles. The molecule has 1 N–H and O–H groups in total. The van der Waals surface area contributed by atoms with Crippen LogP contribution in [0.4, 0.5) is 5.69 Å². The van der Waals surface area contributed by atoms with Crippen LogP contribution in [0.5, 0.6) is 5.75 Å². The predicted octanol–water partition coefficient (Wildman–Crippen LogP) is 3.20. The monoisotopic (exact) mass is 368 g/mol. The first-order chi connectivity index (χ1) is 13.0. The number of rotatable bonds is 5. The Bertz CT molecular complexity index is 813. The first-order valence-electron chi connectivity index (χ1n) is 9.08. The van der Waals surface area contributed by atoms with Gasteiger partial charge in [0.25, 0.3) is 11.8 Å². The van der Waals surface area contributed by atoms with E-state index in [9.17, 15) is 9.59 Å². The number of amides is 2. The summed E-state index contributed by atoms with van der Waals surface area (Å²) in [7, 11) is 0. The normalized spacial score (nSPS) is 14.1. The molecule has 1 aliphatic rings. The number of carbonyl (C=O) groups is 2. The van der Waals surface area contributed by atoms with Gasteiger partial charge < -0.3 is 19.7 Å². The Morgan fingerprint density at radius 2 is 1.74 bits per heavy atom. The quantitative estimate of drug-likeness (QED) is 0.880. The van der Waals surface area contributed by atoms with Crippen molar-refractivity contribution >= 4 is 17.5 Å². The zero-order valence-corrected chi connectivity index (χ0v) is 15.6. The molecule has 2 aromatic carbocycles. The van der Waals surface area contributed by atoms with Gasteiger partial charge in [-0.15, -0.1) is 0 Å². The van der Waals surface area contributed by atoms with Crippen molar-refractivity contribution in [3.05, 3.63) is 59.7 Å². The average Bonchev–Trinajstić information content (AvgIpc) is 2.68. The maximum absolute atomic E-state index is 12.6. The lowest BCUT2D eigenvalue weighted by Crippen LogP contribution is -2.40. The second kappa shape index (κ2) is 8.68. The van der Waals surface area contributed by atoms with Crippen LogP contribution in [-0.4, -0.2) is 49.1 Å². The number of nitrogens with one attached hydrogen (secondary N) is 1. The van der Waals surface area contributed by atoms with Crippen LogP contribution in [0.3, 0.4) is 0 Å². The van der Waals surface area contributed by atoms with Crippen molar-refractivity contribution in [1.82, 2.24) is 4.90 Å². The second-order valence-corrected chi connectivity index (χ2v) is 6.63. The van der Waals surface area contributed by atoms with Crippen LogP contribution in [0.1, 0.15) is 34.6 Å². The highest BCUT2D eigenvalue weighted by Gasteiger charge is 2.19. The molecular weight excluding hydrogens is 344 g/mol. The first-order valence-corrected chi connectivity index (χ1v) is 9.08. The van der Waals surface area contributed by atoms with E-state index >= 15 is 0 Å². The number of nitrogens with zero attached hydrogens (tertiary/aromatic N) is 1. The van der Waals surface area contributed by atoms with E-state index in [1.54, 1.807) is 47.4 Å². The molecule has 2 amide bonds. The van der Waals surface area contributed by atoms with Crippen LogP contribution >= 0.6 is 0 Å². The summed E-state index contributed by atoms with van der Waals surface area (Å²) in [5.74, 6) is 0.343. The van der Waals surface area contributed by atoms with Gasteiger partial charge in [-0.25, -0.2) is 0 Å². The van der Waals surface area contributed by atoms with Gasteiger partial charge in [-0.3, -0.25) is 9.59 Å². The molecule has 1 saturated heterocycles. The number of hydrogen-bond donors (Lipinski definition) is 1. The highest BCUT2D eigenvalue weighted by molar-refractivity contribution is 6.05. The van der Waals surface area contributed by atoms with Crippen LogP contribution < -0.4 is 10.1 Å². The van der Waals surface area contributed by atoms with Gasteiger partial charge in [0.15, 0.2) is 0 Å². The Morgan fingerprint density at radius 1 is 1.04 bits per heavy atom. The molecule has 6 nitrogen and oxygen atoms in total. The number of anilines is 1. The maximum Gasteiger partial charge on any atom is 0.255 e.